The first kappa shape index (κ1) is 19.0. The second kappa shape index (κ2) is 9.20. The van der Waals surface area contributed by atoms with Crippen molar-refractivity contribution >= 4 is 29.1 Å². The summed E-state index contributed by atoms with van der Waals surface area (Å²) < 4.78 is 5.16. The number of carbonyl (C=O) groups is 2. The number of anilines is 1. The fourth-order valence-electron chi connectivity index (χ4n) is 2.21. The van der Waals surface area contributed by atoms with Gasteiger partial charge in [-0.1, -0.05) is 48.0 Å². The van der Waals surface area contributed by atoms with E-state index in [-0.39, 0.29) is 31.1 Å². The van der Waals surface area contributed by atoms with Gasteiger partial charge in [-0.05, 0) is 37.1 Å². The van der Waals surface area contributed by atoms with E-state index in [0.29, 0.717) is 10.7 Å². The van der Waals surface area contributed by atoms with Gasteiger partial charge in [0.05, 0.1) is 6.04 Å². The van der Waals surface area contributed by atoms with Gasteiger partial charge in [0, 0.05) is 10.7 Å². The lowest BCUT2D eigenvalue weighted by molar-refractivity contribution is -0.129. The number of hydrogen-bond acceptors (Lipinski definition) is 3. The molecule has 0 aliphatic carbocycles. The number of aryl methyl sites for hydroxylation is 1. The molecule has 5 nitrogen and oxygen atoms in total. The molecule has 25 heavy (non-hydrogen) atoms. The Bertz CT molecular complexity index is 735. The summed E-state index contributed by atoms with van der Waals surface area (Å²) in [6.45, 7) is 3.38. The van der Waals surface area contributed by atoms with E-state index in [0.717, 1.165) is 11.1 Å². The summed E-state index contributed by atoms with van der Waals surface area (Å²) in [6.07, 6.45) is 0. The van der Waals surface area contributed by atoms with Crippen molar-refractivity contribution in [2.24, 2.45) is 0 Å². The average molecular weight is 361 g/mol. The van der Waals surface area contributed by atoms with Crippen molar-refractivity contribution in [2.75, 3.05) is 18.5 Å². The molecule has 0 heterocycles. The van der Waals surface area contributed by atoms with Crippen molar-refractivity contribution in [3.63, 3.8) is 0 Å². The van der Waals surface area contributed by atoms with Crippen LogP contribution in [0.3, 0.4) is 0 Å². The molecule has 0 aliphatic heterocycles. The normalized spacial score (nSPS) is 11.6. The summed E-state index contributed by atoms with van der Waals surface area (Å²) in [4.78, 5) is 23.7. The molecule has 2 rings (SSSR count). The van der Waals surface area contributed by atoms with E-state index >= 15 is 0 Å². The quantitative estimate of drug-likeness (QED) is 0.794. The van der Waals surface area contributed by atoms with E-state index in [1.807, 2.05) is 50.2 Å². The summed E-state index contributed by atoms with van der Waals surface area (Å²) in [5.74, 6) is -0.619. The molecule has 0 aromatic heterocycles. The fraction of sp³-hybridized carbons (Fsp3) is 0.263. The maximum atomic E-state index is 11.9. The van der Waals surface area contributed by atoms with E-state index in [2.05, 4.69) is 10.6 Å². The Morgan fingerprint density at radius 1 is 1.08 bits per heavy atom. The van der Waals surface area contributed by atoms with E-state index in [1.54, 1.807) is 12.1 Å². The highest BCUT2D eigenvalue weighted by atomic mass is 35.5. The minimum Gasteiger partial charge on any atom is -0.362 e. The highest BCUT2D eigenvalue weighted by molar-refractivity contribution is 6.31. The second-order valence-corrected chi connectivity index (χ2v) is 6.11. The van der Waals surface area contributed by atoms with E-state index < -0.39 is 0 Å². The Hall–Kier alpha value is -2.37. The number of rotatable bonds is 7. The van der Waals surface area contributed by atoms with Crippen LogP contribution in [-0.4, -0.2) is 25.0 Å². The van der Waals surface area contributed by atoms with E-state index in [1.165, 1.54) is 0 Å². The van der Waals surface area contributed by atoms with Crippen LogP contribution >= 0.6 is 11.6 Å². The lowest BCUT2D eigenvalue weighted by Gasteiger charge is -2.14. The number of carbonyl (C=O) groups excluding carboxylic acids is 2. The maximum Gasteiger partial charge on any atom is 0.250 e. The summed E-state index contributed by atoms with van der Waals surface area (Å²) in [7, 11) is 0. The number of benzene rings is 2. The molecule has 0 saturated carbocycles. The Kier molecular flexibility index (Phi) is 6.98. The Morgan fingerprint density at radius 3 is 2.44 bits per heavy atom. The fourth-order valence-corrected chi connectivity index (χ4v) is 2.39. The van der Waals surface area contributed by atoms with Crippen molar-refractivity contribution in [2.45, 2.75) is 19.9 Å². The summed E-state index contributed by atoms with van der Waals surface area (Å²) >= 11 is 6.01. The Labute approximate surface area is 152 Å². The third kappa shape index (κ3) is 6.21. The van der Waals surface area contributed by atoms with Gasteiger partial charge in [0.15, 0.2) is 0 Å². The first-order valence-electron chi connectivity index (χ1n) is 7.94. The molecule has 0 saturated heterocycles. The highest BCUT2D eigenvalue weighted by Gasteiger charge is 2.10. The van der Waals surface area contributed by atoms with Gasteiger partial charge in [0.2, 0.25) is 11.8 Å². The van der Waals surface area contributed by atoms with Gasteiger partial charge in [-0.15, -0.1) is 0 Å². The van der Waals surface area contributed by atoms with Crippen LogP contribution in [0.2, 0.25) is 5.02 Å². The molecule has 6 heteroatoms. The number of amides is 2. The summed E-state index contributed by atoms with van der Waals surface area (Å²) in [6, 6.07) is 14.7. The topological polar surface area (TPSA) is 67.4 Å². The number of nitrogens with one attached hydrogen (secondary N) is 2. The monoisotopic (exact) mass is 360 g/mol. The van der Waals surface area contributed by atoms with E-state index in [4.69, 9.17) is 16.3 Å². The minimum absolute atomic E-state index is 0.124. The molecule has 2 aromatic rings. The Balaban J connectivity index is 1.71. The molecule has 0 spiro atoms. The number of ether oxygens (including phenoxy) is 1. The largest absolute Gasteiger partial charge is 0.362 e. The third-order valence-electron chi connectivity index (χ3n) is 3.60. The van der Waals surface area contributed by atoms with Gasteiger partial charge in [-0.25, -0.2) is 0 Å². The van der Waals surface area contributed by atoms with Crippen LogP contribution in [0.25, 0.3) is 0 Å². The molecule has 2 amide bonds. The van der Waals surface area contributed by atoms with Crippen LogP contribution in [-0.2, 0) is 14.3 Å². The van der Waals surface area contributed by atoms with Crippen molar-refractivity contribution in [3.8, 4) is 0 Å². The van der Waals surface area contributed by atoms with Gasteiger partial charge in [0.1, 0.15) is 13.2 Å². The van der Waals surface area contributed by atoms with Crippen molar-refractivity contribution in [1.82, 2.24) is 5.32 Å². The van der Waals surface area contributed by atoms with Crippen molar-refractivity contribution < 1.29 is 14.3 Å². The van der Waals surface area contributed by atoms with Gasteiger partial charge in [0.25, 0.3) is 0 Å². The minimum atomic E-state index is -0.344. The van der Waals surface area contributed by atoms with Gasteiger partial charge >= 0.3 is 0 Å². The molecule has 0 radical (unpaired) electrons. The zero-order valence-electron chi connectivity index (χ0n) is 14.2. The molecule has 0 bridgehead atoms. The standard InChI is InChI=1S/C19H21ClN2O3/c1-13-8-9-16(10-17(13)20)22-19(24)12-25-11-18(23)21-14(2)15-6-4-3-5-7-15/h3-10,14H,11-12H2,1-2H3,(H,21,23)(H,22,24). The lowest BCUT2D eigenvalue weighted by atomic mass is 10.1. The molecular weight excluding hydrogens is 340 g/mol. The number of hydrogen-bond donors (Lipinski definition) is 2. The van der Waals surface area contributed by atoms with Crippen molar-refractivity contribution in [1.29, 1.82) is 0 Å². The zero-order chi connectivity index (χ0) is 18.2. The van der Waals surface area contributed by atoms with Crippen LogP contribution in [0.15, 0.2) is 48.5 Å². The van der Waals surface area contributed by atoms with Gasteiger partial charge < -0.3 is 15.4 Å². The Morgan fingerprint density at radius 2 is 1.76 bits per heavy atom. The molecule has 132 valence electrons. The molecule has 0 fully saturated rings. The molecule has 2 N–H and O–H groups in total. The molecule has 2 aromatic carbocycles. The van der Waals surface area contributed by atoms with Crippen LogP contribution in [0.5, 0.6) is 0 Å². The zero-order valence-corrected chi connectivity index (χ0v) is 15.0. The SMILES string of the molecule is Cc1ccc(NC(=O)COCC(=O)NC(C)c2ccccc2)cc1Cl. The highest BCUT2D eigenvalue weighted by Crippen LogP contribution is 2.19. The molecular formula is C19H21ClN2O3. The predicted molar refractivity (Wildman–Crippen MR) is 98.6 cm³/mol. The van der Waals surface area contributed by atoms with Gasteiger partial charge in [-0.3, -0.25) is 9.59 Å². The molecule has 1 atom stereocenters. The van der Waals surface area contributed by atoms with Gasteiger partial charge in [-0.2, -0.15) is 0 Å². The van der Waals surface area contributed by atoms with Crippen molar-refractivity contribution in [3.05, 3.63) is 64.7 Å². The van der Waals surface area contributed by atoms with E-state index in [9.17, 15) is 9.59 Å². The summed E-state index contributed by atoms with van der Waals surface area (Å²) in [5, 5.41) is 6.07. The number of halogens is 1. The molecule has 0 aliphatic rings. The van der Waals surface area contributed by atoms with Crippen LogP contribution < -0.4 is 10.6 Å². The molecule has 1 unspecified atom stereocenters. The maximum absolute atomic E-state index is 11.9. The first-order valence-corrected chi connectivity index (χ1v) is 8.31. The average Bonchev–Trinajstić information content (AvgIpc) is 2.59. The van der Waals surface area contributed by atoms with Crippen LogP contribution in [0.1, 0.15) is 24.1 Å². The lowest BCUT2D eigenvalue weighted by Crippen LogP contribution is -2.31. The van der Waals surface area contributed by atoms with Crippen LogP contribution in [0, 0.1) is 6.92 Å². The summed E-state index contributed by atoms with van der Waals surface area (Å²) in [5.41, 5.74) is 2.52. The van der Waals surface area contributed by atoms with Crippen LogP contribution in [0.4, 0.5) is 5.69 Å². The third-order valence-corrected chi connectivity index (χ3v) is 4.01. The smallest absolute Gasteiger partial charge is 0.250 e. The predicted octanol–water partition coefficient (Wildman–Crippen LogP) is 3.48. The first-order chi connectivity index (χ1) is 12.0. The second-order valence-electron chi connectivity index (χ2n) is 5.70.